The first-order valence-corrected chi connectivity index (χ1v) is 7.34. The van der Waals surface area contributed by atoms with Crippen molar-refractivity contribution >= 4 is 17.3 Å². The van der Waals surface area contributed by atoms with E-state index in [0.29, 0.717) is 12.2 Å². The highest BCUT2D eigenvalue weighted by Gasteiger charge is 2.19. The molecule has 5 nitrogen and oxygen atoms in total. The Morgan fingerprint density at radius 3 is 3.00 bits per heavy atom. The van der Waals surface area contributed by atoms with Crippen molar-refractivity contribution in [3.63, 3.8) is 0 Å². The Bertz CT molecular complexity index is 675. The molecule has 1 heterocycles. The lowest BCUT2D eigenvalue weighted by Gasteiger charge is -2.14. The molecular weight excluding hydrogens is 264 g/mol. The lowest BCUT2D eigenvalue weighted by atomic mass is 10.0. The summed E-state index contributed by atoms with van der Waals surface area (Å²) in [5.74, 6) is 0.874. The van der Waals surface area contributed by atoms with Crippen LogP contribution in [0.2, 0.25) is 0 Å². The summed E-state index contributed by atoms with van der Waals surface area (Å²) in [5, 5.41) is 2.89. The van der Waals surface area contributed by atoms with Gasteiger partial charge in [-0.25, -0.2) is 4.98 Å². The van der Waals surface area contributed by atoms with Gasteiger partial charge < -0.3 is 15.6 Å². The molecule has 2 aromatic rings. The van der Waals surface area contributed by atoms with Crippen LogP contribution in [0.3, 0.4) is 0 Å². The van der Waals surface area contributed by atoms with E-state index in [2.05, 4.69) is 10.3 Å². The van der Waals surface area contributed by atoms with E-state index in [1.165, 1.54) is 18.5 Å². The molecule has 0 fully saturated rings. The fourth-order valence-electron chi connectivity index (χ4n) is 2.91. The average molecular weight is 284 g/mol. The van der Waals surface area contributed by atoms with Gasteiger partial charge in [0.05, 0.1) is 5.69 Å². The summed E-state index contributed by atoms with van der Waals surface area (Å²) in [5.41, 5.74) is 9.48. The van der Waals surface area contributed by atoms with Gasteiger partial charge in [0.15, 0.2) is 0 Å². The maximum atomic E-state index is 12.2. The minimum Gasteiger partial charge on any atom is -0.399 e. The summed E-state index contributed by atoms with van der Waals surface area (Å²) < 4.78 is 2.04. The fourth-order valence-corrected chi connectivity index (χ4v) is 2.91. The molecule has 21 heavy (non-hydrogen) atoms. The lowest BCUT2D eigenvalue weighted by Crippen LogP contribution is -2.21. The highest BCUT2D eigenvalue weighted by atomic mass is 16.1. The monoisotopic (exact) mass is 284 g/mol. The second-order valence-electron chi connectivity index (χ2n) is 5.52. The van der Waals surface area contributed by atoms with Crippen LogP contribution in [0.4, 0.5) is 11.4 Å². The van der Waals surface area contributed by atoms with E-state index in [1.807, 2.05) is 23.6 Å². The van der Waals surface area contributed by atoms with Gasteiger partial charge in [-0.15, -0.1) is 0 Å². The largest absolute Gasteiger partial charge is 0.399 e. The van der Waals surface area contributed by atoms with Crippen LogP contribution in [0.25, 0.3) is 0 Å². The molecular formula is C16H20N4O. The number of nitrogens with two attached hydrogens (primary N) is 1. The first-order chi connectivity index (χ1) is 10.1. The molecule has 0 bridgehead atoms. The summed E-state index contributed by atoms with van der Waals surface area (Å²) in [6.45, 7) is 2.27. The maximum absolute atomic E-state index is 12.2. The number of imidazole rings is 1. The van der Waals surface area contributed by atoms with Gasteiger partial charge in [-0.3, -0.25) is 4.79 Å². The number of aromatic nitrogens is 2. The molecule has 1 aromatic heterocycles. The molecule has 0 saturated carbocycles. The second-order valence-corrected chi connectivity index (χ2v) is 5.52. The number of nitrogens with one attached hydrogen (secondary N) is 1. The lowest BCUT2D eigenvalue weighted by molar-refractivity contribution is -0.116. The summed E-state index contributed by atoms with van der Waals surface area (Å²) in [6.07, 6.45) is 4.41. The third-order valence-corrected chi connectivity index (χ3v) is 3.90. The zero-order valence-electron chi connectivity index (χ0n) is 12.2. The number of fused-ring (bicyclic) bond motifs is 1. The molecule has 0 radical (unpaired) electrons. The molecule has 110 valence electrons. The van der Waals surface area contributed by atoms with Crippen molar-refractivity contribution < 1.29 is 4.79 Å². The molecule has 0 unspecified atom stereocenters. The number of nitrogen functional groups attached to an aromatic ring is 1. The zero-order chi connectivity index (χ0) is 14.8. The minimum atomic E-state index is -0.0468. The molecule has 0 atom stereocenters. The molecule has 0 saturated heterocycles. The van der Waals surface area contributed by atoms with Crippen molar-refractivity contribution in [3.05, 3.63) is 41.5 Å². The number of hydrogen-bond acceptors (Lipinski definition) is 3. The molecule has 1 aliphatic rings. The highest BCUT2D eigenvalue weighted by molar-refractivity contribution is 5.91. The zero-order valence-corrected chi connectivity index (χ0v) is 12.2. The van der Waals surface area contributed by atoms with Crippen LogP contribution in [-0.2, 0) is 24.2 Å². The number of rotatable bonds is 3. The topological polar surface area (TPSA) is 72.9 Å². The molecule has 5 heteroatoms. The first-order valence-electron chi connectivity index (χ1n) is 7.34. The van der Waals surface area contributed by atoms with Crippen LogP contribution in [0.15, 0.2) is 24.3 Å². The van der Waals surface area contributed by atoms with Gasteiger partial charge in [0.1, 0.15) is 12.4 Å². The molecule has 1 aromatic carbocycles. The van der Waals surface area contributed by atoms with E-state index >= 15 is 0 Å². The predicted octanol–water partition coefficient (Wildman–Crippen LogP) is 2.29. The Labute approximate surface area is 124 Å². The van der Waals surface area contributed by atoms with Gasteiger partial charge in [0.2, 0.25) is 5.91 Å². The quantitative estimate of drug-likeness (QED) is 0.849. The van der Waals surface area contributed by atoms with Crippen LogP contribution in [-0.4, -0.2) is 15.5 Å². The normalized spacial score (nSPS) is 13.8. The second kappa shape index (κ2) is 5.60. The van der Waals surface area contributed by atoms with E-state index in [-0.39, 0.29) is 5.91 Å². The molecule has 3 rings (SSSR count). The molecule has 0 aliphatic heterocycles. The number of hydrogen-bond donors (Lipinski definition) is 2. The third-order valence-electron chi connectivity index (χ3n) is 3.90. The Morgan fingerprint density at radius 2 is 2.19 bits per heavy atom. The summed E-state index contributed by atoms with van der Waals surface area (Å²) in [7, 11) is 0. The summed E-state index contributed by atoms with van der Waals surface area (Å²) in [4.78, 5) is 16.8. The van der Waals surface area contributed by atoms with Crippen molar-refractivity contribution in [1.82, 2.24) is 9.55 Å². The van der Waals surface area contributed by atoms with Crippen molar-refractivity contribution in [2.24, 2.45) is 0 Å². The number of benzene rings is 1. The van der Waals surface area contributed by atoms with Crippen LogP contribution in [0.1, 0.15) is 30.1 Å². The van der Waals surface area contributed by atoms with Gasteiger partial charge >= 0.3 is 0 Å². The van der Waals surface area contributed by atoms with Crippen molar-refractivity contribution in [2.45, 2.75) is 39.2 Å². The van der Waals surface area contributed by atoms with Gasteiger partial charge in [-0.05, 0) is 50.8 Å². The number of nitrogens with zero attached hydrogens (tertiary/aromatic N) is 2. The third kappa shape index (κ3) is 2.91. The SMILES string of the molecule is Cc1nc2c(n1CC(=O)Nc1cccc(N)c1)CCCC2. The minimum absolute atomic E-state index is 0.0468. The van der Waals surface area contributed by atoms with Gasteiger partial charge in [-0.2, -0.15) is 0 Å². The number of carbonyl (C=O) groups excluding carboxylic acids is 1. The Balaban J connectivity index is 1.74. The fraction of sp³-hybridized carbons (Fsp3) is 0.375. The predicted molar refractivity (Wildman–Crippen MR) is 83.1 cm³/mol. The van der Waals surface area contributed by atoms with E-state index in [4.69, 9.17) is 5.73 Å². The summed E-state index contributed by atoms with van der Waals surface area (Å²) >= 11 is 0. The van der Waals surface area contributed by atoms with E-state index in [9.17, 15) is 4.79 Å². The number of amides is 1. The standard InChI is InChI=1S/C16H20N4O/c1-11-18-14-7-2-3-8-15(14)20(11)10-16(21)19-13-6-4-5-12(17)9-13/h4-6,9H,2-3,7-8,10,17H2,1H3,(H,19,21). The van der Waals surface area contributed by atoms with Crippen LogP contribution in [0.5, 0.6) is 0 Å². The summed E-state index contributed by atoms with van der Waals surface area (Å²) in [6, 6.07) is 7.22. The van der Waals surface area contributed by atoms with Crippen molar-refractivity contribution in [3.8, 4) is 0 Å². The average Bonchev–Trinajstić information content (AvgIpc) is 2.75. The number of carbonyl (C=O) groups is 1. The maximum Gasteiger partial charge on any atom is 0.244 e. The van der Waals surface area contributed by atoms with E-state index in [0.717, 1.165) is 30.0 Å². The molecule has 0 spiro atoms. The Morgan fingerprint density at radius 1 is 1.38 bits per heavy atom. The van der Waals surface area contributed by atoms with Crippen molar-refractivity contribution in [2.75, 3.05) is 11.1 Å². The number of aryl methyl sites for hydroxylation is 2. The number of anilines is 2. The highest BCUT2D eigenvalue weighted by Crippen LogP contribution is 2.22. The van der Waals surface area contributed by atoms with E-state index < -0.39 is 0 Å². The van der Waals surface area contributed by atoms with Crippen LogP contribution >= 0.6 is 0 Å². The Hall–Kier alpha value is -2.30. The van der Waals surface area contributed by atoms with E-state index in [1.54, 1.807) is 12.1 Å². The molecule has 1 aliphatic carbocycles. The van der Waals surface area contributed by atoms with Gasteiger partial charge in [0, 0.05) is 17.1 Å². The van der Waals surface area contributed by atoms with Crippen LogP contribution in [0, 0.1) is 6.92 Å². The van der Waals surface area contributed by atoms with Gasteiger partial charge in [0.25, 0.3) is 0 Å². The van der Waals surface area contributed by atoms with Crippen LogP contribution < -0.4 is 11.1 Å². The molecule has 1 amide bonds. The Kier molecular flexibility index (Phi) is 3.64. The molecule has 3 N–H and O–H groups in total. The van der Waals surface area contributed by atoms with Gasteiger partial charge in [-0.1, -0.05) is 6.07 Å². The smallest absolute Gasteiger partial charge is 0.244 e. The first kappa shape index (κ1) is 13.7. The van der Waals surface area contributed by atoms with Crippen molar-refractivity contribution in [1.29, 1.82) is 0 Å².